The molecule has 0 saturated heterocycles. The molecule has 110 valence electrons. The van der Waals surface area contributed by atoms with E-state index >= 15 is 0 Å². The first-order chi connectivity index (χ1) is 10.8. The van der Waals surface area contributed by atoms with Crippen molar-refractivity contribution in [3.8, 4) is 11.5 Å². The highest BCUT2D eigenvalue weighted by Crippen LogP contribution is 2.36. The van der Waals surface area contributed by atoms with Crippen molar-refractivity contribution in [1.29, 1.82) is 0 Å². The van der Waals surface area contributed by atoms with Crippen LogP contribution < -0.4 is 0 Å². The third-order valence-electron chi connectivity index (χ3n) is 3.63. The summed E-state index contributed by atoms with van der Waals surface area (Å²) in [4.78, 5) is 5.61. The lowest BCUT2D eigenvalue weighted by molar-refractivity contribution is 0.425. The molecule has 2 aromatic carbocycles. The molecule has 5 heteroatoms. The quantitative estimate of drug-likeness (QED) is 0.682. The Hall–Kier alpha value is -2.11. The molecule has 4 nitrogen and oxygen atoms in total. The number of aromatic nitrogens is 2. The fraction of sp³-hybridized carbons (Fsp3) is 0.176. The summed E-state index contributed by atoms with van der Waals surface area (Å²) in [6, 6.07) is 16.9. The zero-order chi connectivity index (χ0) is 14.9. The highest BCUT2D eigenvalue weighted by Gasteiger charge is 2.19. The summed E-state index contributed by atoms with van der Waals surface area (Å²) in [7, 11) is 0. The average molecular weight is 309 g/mol. The summed E-state index contributed by atoms with van der Waals surface area (Å²) in [5, 5.41) is 3.82. The molecule has 0 radical (unpaired) electrons. The Morgan fingerprint density at radius 1 is 1.14 bits per heavy atom. The molecule has 0 N–H and O–H groups in total. The molecule has 1 aromatic heterocycles. The van der Waals surface area contributed by atoms with E-state index in [1.165, 1.54) is 16.0 Å². The monoisotopic (exact) mass is 309 g/mol. The van der Waals surface area contributed by atoms with Gasteiger partial charge in [-0.05, 0) is 48.2 Å². The molecule has 2 heterocycles. The SMILES string of the molecule is Cc1noc(-c2ccc(CN3Cc4ccccc4S3)cc2)n1. The van der Waals surface area contributed by atoms with Gasteiger partial charge in [0.1, 0.15) is 0 Å². The lowest BCUT2D eigenvalue weighted by Crippen LogP contribution is -2.09. The molecule has 22 heavy (non-hydrogen) atoms. The fourth-order valence-corrected chi connectivity index (χ4v) is 3.63. The molecule has 4 rings (SSSR count). The van der Waals surface area contributed by atoms with Gasteiger partial charge < -0.3 is 4.52 Å². The average Bonchev–Trinajstić information content (AvgIpc) is 3.13. The number of nitrogens with zero attached hydrogens (tertiary/aromatic N) is 3. The second-order valence-corrected chi connectivity index (χ2v) is 6.48. The van der Waals surface area contributed by atoms with Crippen LogP contribution in [-0.2, 0) is 13.1 Å². The zero-order valence-electron chi connectivity index (χ0n) is 12.2. The van der Waals surface area contributed by atoms with Gasteiger partial charge in [-0.3, -0.25) is 0 Å². The van der Waals surface area contributed by atoms with Crippen molar-refractivity contribution in [2.24, 2.45) is 0 Å². The van der Waals surface area contributed by atoms with Crippen LogP contribution in [0.2, 0.25) is 0 Å². The first-order valence-corrected chi connectivity index (χ1v) is 7.96. The van der Waals surface area contributed by atoms with Crippen molar-refractivity contribution < 1.29 is 4.52 Å². The Labute approximate surface area is 133 Å². The van der Waals surface area contributed by atoms with Gasteiger partial charge in [0.05, 0.1) is 0 Å². The third-order valence-corrected chi connectivity index (χ3v) is 4.75. The molecule has 0 fully saturated rings. The molecule has 0 unspecified atom stereocenters. The Bertz CT molecular complexity index is 773. The largest absolute Gasteiger partial charge is 0.334 e. The maximum atomic E-state index is 5.19. The molecule has 0 amide bonds. The number of hydrogen-bond acceptors (Lipinski definition) is 5. The summed E-state index contributed by atoms with van der Waals surface area (Å²) in [6.45, 7) is 3.73. The maximum absolute atomic E-state index is 5.19. The lowest BCUT2D eigenvalue weighted by atomic mass is 10.1. The predicted octanol–water partition coefficient (Wildman–Crippen LogP) is 4.07. The molecular formula is C17H15N3OS. The molecule has 0 atom stereocenters. The van der Waals surface area contributed by atoms with Gasteiger partial charge in [0.25, 0.3) is 5.89 Å². The molecule has 3 aromatic rings. The lowest BCUT2D eigenvalue weighted by Gasteiger charge is -2.13. The second kappa shape index (κ2) is 5.59. The number of hydrogen-bond donors (Lipinski definition) is 0. The van der Waals surface area contributed by atoms with Crippen LogP contribution in [0.1, 0.15) is 17.0 Å². The van der Waals surface area contributed by atoms with Crippen LogP contribution in [0.3, 0.4) is 0 Å². The minimum Gasteiger partial charge on any atom is -0.334 e. The van der Waals surface area contributed by atoms with Crippen LogP contribution in [0.25, 0.3) is 11.5 Å². The van der Waals surface area contributed by atoms with E-state index in [1.807, 2.05) is 31.0 Å². The summed E-state index contributed by atoms with van der Waals surface area (Å²) < 4.78 is 7.56. The standard InChI is InChI=1S/C17H15N3OS/c1-12-18-17(21-19-12)14-8-6-13(7-9-14)10-20-11-15-4-2-3-5-16(15)22-20/h2-9H,10-11H2,1H3. The number of aryl methyl sites for hydroxylation is 1. The third kappa shape index (κ3) is 2.65. The molecule has 0 aliphatic carbocycles. The fourth-order valence-electron chi connectivity index (χ4n) is 2.54. The van der Waals surface area contributed by atoms with E-state index in [0.717, 1.165) is 18.7 Å². The summed E-state index contributed by atoms with van der Waals surface area (Å²) >= 11 is 1.83. The van der Waals surface area contributed by atoms with Gasteiger partial charge in [0, 0.05) is 23.5 Å². The van der Waals surface area contributed by atoms with E-state index in [1.54, 1.807) is 0 Å². The highest BCUT2D eigenvalue weighted by molar-refractivity contribution is 7.97. The minimum atomic E-state index is 0.576. The van der Waals surface area contributed by atoms with Gasteiger partial charge in [-0.2, -0.15) is 4.98 Å². The van der Waals surface area contributed by atoms with Crippen molar-refractivity contribution in [1.82, 2.24) is 14.4 Å². The van der Waals surface area contributed by atoms with E-state index in [0.29, 0.717) is 11.7 Å². The van der Waals surface area contributed by atoms with Gasteiger partial charge in [-0.1, -0.05) is 35.5 Å². The van der Waals surface area contributed by atoms with Crippen LogP contribution in [0.4, 0.5) is 0 Å². The Morgan fingerprint density at radius 2 is 1.95 bits per heavy atom. The van der Waals surface area contributed by atoms with Gasteiger partial charge in [-0.15, -0.1) is 0 Å². The number of fused-ring (bicyclic) bond motifs is 1. The van der Waals surface area contributed by atoms with Crippen molar-refractivity contribution in [2.45, 2.75) is 24.9 Å². The molecular weight excluding hydrogens is 294 g/mol. The molecule has 0 spiro atoms. The Kier molecular flexibility index (Phi) is 3.44. The van der Waals surface area contributed by atoms with Crippen LogP contribution in [0.5, 0.6) is 0 Å². The predicted molar refractivity (Wildman–Crippen MR) is 86.0 cm³/mol. The van der Waals surface area contributed by atoms with Crippen molar-refractivity contribution in [3.63, 3.8) is 0 Å². The molecule has 1 aliphatic heterocycles. The van der Waals surface area contributed by atoms with Crippen LogP contribution in [0, 0.1) is 6.92 Å². The Balaban J connectivity index is 1.46. The summed E-state index contributed by atoms with van der Waals surface area (Å²) in [5.74, 6) is 1.23. The topological polar surface area (TPSA) is 42.2 Å². The van der Waals surface area contributed by atoms with Crippen LogP contribution >= 0.6 is 11.9 Å². The Morgan fingerprint density at radius 3 is 2.68 bits per heavy atom. The van der Waals surface area contributed by atoms with Crippen molar-refractivity contribution in [3.05, 3.63) is 65.5 Å². The van der Waals surface area contributed by atoms with Gasteiger partial charge in [0.15, 0.2) is 5.82 Å². The van der Waals surface area contributed by atoms with Gasteiger partial charge in [0.2, 0.25) is 0 Å². The second-order valence-electron chi connectivity index (χ2n) is 5.34. The first-order valence-electron chi connectivity index (χ1n) is 7.18. The van der Waals surface area contributed by atoms with Crippen LogP contribution in [0.15, 0.2) is 57.9 Å². The zero-order valence-corrected chi connectivity index (χ0v) is 13.0. The minimum absolute atomic E-state index is 0.576. The highest BCUT2D eigenvalue weighted by atomic mass is 32.2. The summed E-state index contributed by atoms with van der Waals surface area (Å²) in [6.07, 6.45) is 0. The van der Waals surface area contributed by atoms with Crippen LogP contribution in [-0.4, -0.2) is 14.4 Å². The number of rotatable bonds is 3. The smallest absolute Gasteiger partial charge is 0.257 e. The van der Waals surface area contributed by atoms with E-state index in [9.17, 15) is 0 Å². The molecule has 1 aliphatic rings. The van der Waals surface area contributed by atoms with E-state index in [2.05, 4.69) is 50.8 Å². The normalized spacial score (nSPS) is 14.2. The van der Waals surface area contributed by atoms with Gasteiger partial charge >= 0.3 is 0 Å². The number of benzene rings is 2. The molecule has 0 bridgehead atoms. The first kappa shape index (κ1) is 13.5. The van der Waals surface area contributed by atoms with E-state index in [-0.39, 0.29) is 0 Å². The van der Waals surface area contributed by atoms with Crippen molar-refractivity contribution >= 4 is 11.9 Å². The van der Waals surface area contributed by atoms with Crippen molar-refractivity contribution in [2.75, 3.05) is 0 Å². The summed E-state index contributed by atoms with van der Waals surface area (Å²) in [5.41, 5.74) is 3.65. The molecule has 0 saturated carbocycles. The van der Waals surface area contributed by atoms with E-state index in [4.69, 9.17) is 4.52 Å². The maximum Gasteiger partial charge on any atom is 0.257 e. The van der Waals surface area contributed by atoms with Gasteiger partial charge in [-0.25, -0.2) is 4.31 Å². The van der Waals surface area contributed by atoms with E-state index < -0.39 is 0 Å².